The van der Waals surface area contributed by atoms with Gasteiger partial charge in [-0.1, -0.05) is 19.1 Å². The zero-order chi connectivity index (χ0) is 4.12. The van der Waals surface area contributed by atoms with Crippen LogP contribution in [-0.2, 0) is 0 Å². The molecule has 0 bridgehead atoms. The van der Waals surface area contributed by atoms with E-state index >= 15 is 0 Å². The fourth-order valence-electron chi connectivity index (χ4n) is 0.236. The van der Waals surface area contributed by atoms with Gasteiger partial charge in [-0.05, 0) is 13.3 Å². The van der Waals surface area contributed by atoms with Crippen molar-refractivity contribution in [2.24, 2.45) is 0 Å². The fourth-order valence-corrected chi connectivity index (χ4v) is 0.236. The molecule has 0 aromatic heterocycles. The summed E-state index contributed by atoms with van der Waals surface area (Å²) < 4.78 is 0. The number of hydrogen-bond acceptors (Lipinski definition) is 0. The molecule has 6 heavy (non-hydrogen) atoms. The smallest absolute Gasteiger partial charge is 0.0379 e. The maximum absolute atomic E-state index is 2.12. The van der Waals surface area contributed by atoms with Gasteiger partial charge in [-0.3, -0.25) is 0 Å². The summed E-state index contributed by atoms with van der Waals surface area (Å²) in [6.07, 6.45) is 5.34. The van der Waals surface area contributed by atoms with E-state index in [2.05, 4.69) is 19.1 Å². The quantitative estimate of drug-likeness (QED) is 0.451. The molecule has 38 valence electrons. The molecule has 0 nitrogen and oxygen atoms in total. The van der Waals surface area contributed by atoms with Crippen LogP contribution < -0.4 is 0 Å². The van der Waals surface area contributed by atoms with Gasteiger partial charge in [0.25, 0.3) is 0 Å². The summed E-state index contributed by atoms with van der Waals surface area (Å²) in [5, 5.41) is 0. The highest BCUT2D eigenvalue weighted by atomic mass is 35.5. The van der Waals surface area contributed by atoms with Gasteiger partial charge in [-0.25, -0.2) is 0 Å². The molecule has 0 amide bonds. The van der Waals surface area contributed by atoms with Gasteiger partial charge in [-0.15, -0.1) is 12.4 Å². The van der Waals surface area contributed by atoms with Crippen LogP contribution in [0.25, 0.3) is 0 Å². The molecule has 0 saturated heterocycles. The van der Waals surface area contributed by atoms with Crippen LogP contribution in [0.5, 0.6) is 0 Å². The van der Waals surface area contributed by atoms with E-state index in [0.29, 0.717) is 0 Å². The first-order valence-corrected chi connectivity index (χ1v) is 2.03. The van der Waals surface area contributed by atoms with Crippen LogP contribution in [0.3, 0.4) is 0 Å². The minimum Gasteiger partial charge on any atom is -0.147 e. The second kappa shape index (κ2) is 8.90. The molecule has 0 aliphatic carbocycles. The predicted molar refractivity (Wildman–Crippen MR) is 32.4 cm³/mol. The Morgan fingerprint density at radius 2 is 2.00 bits per heavy atom. The molecule has 0 spiro atoms. The molecule has 0 radical (unpaired) electrons. The van der Waals surface area contributed by atoms with E-state index in [9.17, 15) is 0 Å². The van der Waals surface area contributed by atoms with Crippen LogP contribution in [0.15, 0.2) is 12.2 Å². The maximum Gasteiger partial charge on any atom is -0.0379 e. The lowest BCUT2D eigenvalue weighted by molar-refractivity contribution is 1.22. The molecule has 0 N–H and O–H groups in total. The molecular weight excluding hydrogens is 95.5 g/mol. The number of allylic oxidation sites excluding steroid dienone is 2. The van der Waals surface area contributed by atoms with Gasteiger partial charge >= 0.3 is 0 Å². The second-order valence-corrected chi connectivity index (χ2v) is 0.977. The van der Waals surface area contributed by atoms with Crippen molar-refractivity contribution in [2.75, 3.05) is 0 Å². The molecule has 0 atom stereocenters. The zero-order valence-corrected chi connectivity index (χ0v) is 5.09. The minimum atomic E-state index is 0. The Labute approximate surface area is 45.7 Å². The van der Waals surface area contributed by atoms with Gasteiger partial charge in [0.2, 0.25) is 0 Å². The van der Waals surface area contributed by atoms with Gasteiger partial charge < -0.3 is 0 Å². The summed E-state index contributed by atoms with van der Waals surface area (Å²) in [6, 6.07) is 0. The Kier molecular flexibility index (Phi) is 13.9. The summed E-state index contributed by atoms with van der Waals surface area (Å²) in [5.74, 6) is 0. The van der Waals surface area contributed by atoms with E-state index < -0.39 is 0 Å². The van der Waals surface area contributed by atoms with Crippen LogP contribution in [0, 0.1) is 0 Å². The third kappa shape index (κ3) is 8.98. The normalized spacial score (nSPS) is 8.33. The Morgan fingerprint density at radius 1 is 1.50 bits per heavy atom. The van der Waals surface area contributed by atoms with E-state index in [1.807, 2.05) is 6.92 Å². The zero-order valence-electron chi connectivity index (χ0n) is 4.27. The van der Waals surface area contributed by atoms with Crippen molar-refractivity contribution in [3.05, 3.63) is 12.2 Å². The summed E-state index contributed by atoms with van der Waals surface area (Å²) in [4.78, 5) is 0. The first-order valence-electron chi connectivity index (χ1n) is 2.03. The first kappa shape index (κ1) is 9.39. The topological polar surface area (TPSA) is 0 Å². The van der Waals surface area contributed by atoms with E-state index in [4.69, 9.17) is 0 Å². The molecule has 0 fully saturated rings. The molecule has 1 heteroatoms. The third-order valence-corrected chi connectivity index (χ3v) is 0.471. The van der Waals surface area contributed by atoms with Gasteiger partial charge in [0.15, 0.2) is 0 Å². The predicted octanol–water partition coefficient (Wildman–Crippen LogP) is 2.39. The first-order chi connectivity index (χ1) is 2.41. The van der Waals surface area contributed by atoms with Crippen molar-refractivity contribution >= 4 is 12.4 Å². The van der Waals surface area contributed by atoms with Crippen molar-refractivity contribution in [1.82, 2.24) is 0 Å². The van der Waals surface area contributed by atoms with Crippen LogP contribution in [0.4, 0.5) is 0 Å². The standard InChI is InChI=1S/C5H10.ClH/c1-3-5-4-2;/h3,5H,4H2,1-2H3;1H. The van der Waals surface area contributed by atoms with Crippen molar-refractivity contribution < 1.29 is 0 Å². The van der Waals surface area contributed by atoms with E-state index in [0.717, 1.165) is 6.42 Å². The Hall–Kier alpha value is 0.0300. The van der Waals surface area contributed by atoms with Gasteiger partial charge in [0.05, 0.1) is 0 Å². The lowest BCUT2D eigenvalue weighted by Crippen LogP contribution is -1.43. The van der Waals surface area contributed by atoms with Crippen LogP contribution in [0.2, 0.25) is 0 Å². The van der Waals surface area contributed by atoms with Crippen LogP contribution in [-0.4, -0.2) is 0 Å². The molecule has 0 rings (SSSR count). The number of halogens is 1. The lowest BCUT2D eigenvalue weighted by atomic mass is 10.4. The number of hydrogen-bond donors (Lipinski definition) is 0. The molecule has 0 unspecified atom stereocenters. The SMILES string of the molecule is CC=CCC.Cl. The highest BCUT2D eigenvalue weighted by Crippen LogP contribution is 1.73. The number of rotatable bonds is 1. The van der Waals surface area contributed by atoms with Crippen molar-refractivity contribution in [1.29, 1.82) is 0 Å². The minimum absolute atomic E-state index is 0. The molecule has 0 aliphatic rings. The van der Waals surface area contributed by atoms with Crippen LogP contribution >= 0.6 is 12.4 Å². The molecule has 0 heterocycles. The van der Waals surface area contributed by atoms with Gasteiger partial charge in [0, 0.05) is 0 Å². The Morgan fingerprint density at radius 3 is 2.00 bits per heavy atom. The van der Waals surface area contributed by atoms with Crippen molar-refractivity contribution in [2.45, 2.75) is 20.3 Å². The van der Waals surface area contributed by atoms with E-state index in [-0.39, 0.29) is 12.4 Å². The van der Waals surface area contributed by atoms with E-state index in [1.165, 1.54) is 0 Å². The summed E-state index contributed by atoms with van der Waals surface area (Å²) >= 11 is 0. The monoisotopic (exact) mass is 106 g/mol. The Bertz CT molecular complexity index is 30.9. The average Bonchev–Trinajstić information content (AvgIpc) is 1.41. The maximum atomic E-state index is 2.12. The molecule has 0 aliphatic heterocycles. The second-order valence-electron chi connectivity index (χ2n) is 0.977. The van der Waals surface area contributed by atoms with Crippen LogP contribution in [0.1, 0.15) is 20.3 Å². The average molecular weight is 107 g/mol. The summed E-state index contributed by atoms with van der Waals surface area (Å²) in [7, 11) is 0. The molecular formula is C5H11Cl. The summed E-state index contributed by atoms with van der Waals surface area (Å²) in [6.45, 7) is 4.16. The highest BCUT2D eigenvalue weighted by Gasteiger charge is 1.52. The van der Waals surface area contributed by atoms with Gasteiger partial charge in [0.1, 0.15) is 0 Å². The Balaban J connectivity index is 0. The molecule has 0 aromatic carbocycles. The fraction of sp³-hybridized carbons (Fsp3) is 0.600. The van der Waals surface area contributed by atoms with Crippen molar-refractivity contribution in [3.63, 3.8) is 0 Å². The molecule has 0 saturated carbocycles. The summed E-state index contributed by atoms with van der Waals surface area (Å²) in [5.41, 5.74) is 0. The van der Waals surface area contributed by atoms with E-state index in [1.54, 1.807) is 0 Å². The van der Waals surface area contributed by atoms with Gasteiger partial charge in [-0.2, -0.15) is 0 Å². The lowest BCUT2D eigenvalue weighted by Gasteiger charge is -1.65. The largest absolute Gasteiger partial charge is 0.147 e. The molecule has 0 aromatic rings. The van der Waals surface area contributed by atoms with Crippen molar-refractivity contribution in [3.8, 4) is 0 Å². The third-order valence-electron chi connectivity index (χ3n) is 0.471. The highest BCUT2D eigenvalue weighted by molar-refractivity contribution is 5.85.